The third kappa shape index (κ3) is 3.03. The van der Waals surface area contributed by atoms with Crippen LogP contribution in [0.4, 0.5) is 5.69 Å². The molecule has 0 saturated carbocycles. The molecule has 5 heteroatoms. The quantitative estimate of drug-likeness (QED) is 0.887. The van der Waals surface area contributed by atoms with Crippen LogP contribution in [0.3, 0.4) is 0 Å². The summed E-state index contributed by atoms with van der Waals surface area (Å²) in [7, 11) is 0. The molecule has 2 heterocycles. The number of carbonyl (C=O) groups is 1. The molecule has 1 atom stereocenters. The molecule has 2 aromatic rings. The molecule has 1 aromatic heterocycles. The van der Waals surface area contributed by atoms with Gasteiger partial charge in [-0.1, -0.05) is 6.07 Å². The minimum Gasteiger partial charge on any atom is -0.493 e. The van der Waals surface area contributed by atoms with Crippen LogP contribution in [0.25, 0.3) is 0 Å². The number of nitrogens with two attached hydrogens (primary N) is 1. The van der Waals surface area contributed by atoms with Crippen LogP contribution in [0.2, 0.25) is 0 Å². The number of hydrogen-bond donors (Lipinski definition) is 2. The summed E-state index contributed by atoms with van der Waals surface area (Å²) in [5.41, 5.74) is 8.34. The van der Waals surface area contributed by atoms with Crippen LogP contribution < -0.4 is 15.8 Å². The highest BCUT2D eigenvalue weighted by Crippen LogP contribution is 2.30. The Bertz CT molecular complexity index is 643. The van der Waals surface area contributed by atoms with Crippen molar-refractivity contribution in [3.8, 4) is 5.75 Å². The summed E-state index contributed by atoms with van der Waals surface area (Å²) in [4.78, 5) is 16.2. The highest BCUT2D eigenvalue weighted by Gasteiger charge is 2.18. The Morgan fingerprint density at radius 2 is 2.10 bits per heavy atom. The summed E-state index contributed by atoms with van der Waals surface area (Å²) in [5, 5.41) is 2.83. The van der Waals surface area contributed by atoms with E-state index in [1.165, 1.54) is 0 Å². The Kier molecular flexibility index (Phi) is 3.83. The van der Waals surface area contributed by atoms with Crippen LogP contribution in [0.1, 0.15) is 34.8 Å². The number of anilines is 1. The van der Waals surface area contributed by atoms with Gasteiger partial charge in [0, 0.05) is 35.2 Å². The highest BCUT2D eigenvalue weighted by molar-refractivity contribution is 6.04. The SMILES string of the molecule is N[C@@H]1CCCOc2cc(C(=O)Nc3ccncc3)ccc21. The maximum absolute atomic E-state index is 12.2. The summed E-state index contributed by atoms with van der Waals surface area (Å²) >= 11 is 0. The van der Waals surface area contributed by atoms with Crippen molar-refractivity contribution in [2.24, 2.45) is 5.73 Å². The molecule has 0 aliphatic carbocycles. The van der Waals surface area contributed by atoms with Crippen molar-refractivity contribution in [3.63, 3.8) is 0 Å². The monoisotopic (exact) mass is 283 g/mol. The number of benzene rings is 1. The molecule has 1 aromatic carbocycles. The standard InChI is InChI=1S/C16H17N3O2/c17-14-2-1-9-21-15-10-11(3-4-13(14)15)16(20)19-12-5-7-18-8-6-12/h3-8,10,14H,1-2,9,17H2,(H,18,19,20)/t14-/m1/s1. The van der Waals surface area contributed by atoms with E-state index in [2.05, 4.69) is 10.3 Å². The zero-order valence-corrected chi connectivity index (χ0v) is 11.6. The van der Waals surface area contributed by atoms with Crippen molar-refractivity contribution in [2.75, 3.05) is 11.9 Å². The molecule has 0 saturated heterocycles. The lowest BCUT2D eigenvalue weighted by Crippen LogP contribution is -2.13. The molecule has 3 N–H and O–H groups in total. The molecular weight excluding hydrogens is 266 g/mol. The van der Waals surface area contributed by atoms with Crippen LogP contribution in [-0.2, 0) is 0 Å². The van der Waals surface area contributed by atoms with Gasteiger partial charge in [0.2, 0.25) is 0 Å². The van der Waals surface area contributed by atoms with E-state index < -0.39 is 0 Å². The normalized spacial score (nSPS) is 17.3. The lowest BCUT2D eigenvalue weighted by atomic mass is 10.0. The Balaban J connectivity index is 1.83. The molecule has 108 valence electrons. The van der Waals surface area contributed by atoms with Gasteiger partial charge < -0.3 is 15.8 Å². The van der Waals surface area contributed by atoms with Crippen LogP contribution >= 0.6 is 0 Å². The molecule has 21 heavy (non-hydrogen) atoms. The number of carbonyl (C=O) groups excluding carboxylic acids is 1. The number of pyridine rings is 1. The molecule has 1 aliphatic heterocycles. The largest absolute Gasteiger partial charge is 0.493 e. The number of rotatable bonds is 2. The van der Waals surface area contributed by atoms with Crippen molar-refractivity contribution in [2.45, 2.75) is 18.9 Å². The Hall–Kier alpha value is -2.40. The summed E-state index contributed by atoms with van der Waals surface area (Å²) < 4.78 is 5.69. The first-order valence-corrected chi connectivity index (χ1v) is 6.98. The maximum Gasteiger partial charge on any atom is 0.255 e. The lowest BCUT2D eigenvalue weighted by Gasteiger charge is -2.13. The number of fused-ring (bicyclic) bond motifs is 1. The first-order valence-electron chi connectivity index (χ1n) is 6.98. The van der Waals surface area contributed by atoms with Gasteiger partial charge in [0.05, 0.1) is 6.61 Å². The van der Waals surface area contributed by atoms with E-state index in [1.54, 1.807) is 36.7 Å². The van der Waals surface area contributed by atoms with Crippen molar-refractivity contribution in [1.29, 1.82) is 0 Å². The molecule has 0 spiro atoms. The fourth-order valence-corrected chi connectivity index (χ4v) is 2.39. The number of hydrogen-bond acceptors (Lipinski definition) is 4. The average molecular weight is 283 g/mol. The first kappa shape index (κ1) is 13.6. The van der Waals surface area contributed by atoms with Crippen LogP contribution in [0, 0.1) is 0 Å². The van der Waals surface area contributed by atoms with E-state index >= 15 is 0 Å². The van der Waals surface area contributed by atoms with Crippen molar-refractivity contribution in [1.82, 2.24) is 4.98 Å². The fraction of sp³-hybridized carbons (Fsp3) is 0.250. The summed E-state index contributed by atoms with van der Waals surface area (Å²) in [6.45, 7) is 0.635. The predicted molar refractivity (Wildman–Crippen MR) is 80.3 cm³/mol. The molecule has 1 aliphatic rings. The van der Waals surface area contributed by atoms with Gasteiger partial charge in [-0.3, -0.25) is 9.78 Å². The summed E-state index contributed by atoms with van der Waals surface area (Å²) in [6.07, 6.45) is 5.09. The van der Waals surface area contributed by atoms with Gasteiger partial charge in [-0.15, -0.1) is 0 Å². The smallest absolute Gasteiger partial charge is 0.255 e. The molecule has 0 fully saturated rings. The van der Waals surface area contributed by atoms with E-state index in [1.807, 2.05) is 6.07 Å². The van der Waals surface area contributed by atoms with Crippen molar-refractivity contribution >= 4 is 11.6 Å². The second-order valence-electron chi connectivity index (χ2n) is 5.04. The lowest BCUT2D eigenvalue weighted by molar-refractivity contribution is 0.102. The van der Waals surface area contributed by atoms with Gasteiger partial charge in [0.15, 0.2) is 0 Å². The van der Waals surface area contributed by atoms with Crippen molar-refractivity contribution in [3.05, 3.63) is 53.9 Å². The van der Waals surface area contributed by atoms with E-state index in [4.69, 9.17) is 10.5 Å². The van der Waals surface area contributed by atoms with Crippen LogP contribution in [0.5, 0.6) is 5.75 Å². The second kappa shape index (κ2) is 5.93. The number of nitrogens with zero attached hydrogens (tertiary/aromatic N) is 1. The Morgan fingerprint density at radius 3 is 2.90 bits per heavy atom. The minimum absolute atomic E-state index is 0.0280. The van der Waals surface area contributed by atoms with Crippen LogP contribution in [-0.4, -0.2) is 17.5 Å². The van der Waals surface area contributed by atoms with Gasteiger partial charge in [0.25, 0.3) is 5.91 Å². The number of ether oxygens (including phenoxy) is 1. The number of nitrogens with one attached hydrogen (secondary N) is 1. The summed E-state index contributed by atoms with van der Waals surface area (Å²) in [6, 6.07) is 8.88. The Labute approximate surface area is 123 Å². The number of aromatic nitrogens is 1. The first-order chi connectivity index (χ1) is 10.2. The van der Waals surface area contributed by atoms with Gasteiger partial charge in [-0.2, -0.15) is 0 Å². The van der Waals surface area contributed by atoms with E-state index in [0.717, 1.165) is 18.4 Å². The molecule has 1 amide bonds. The molecule has 5 nitrogen and oxygen atoms in total. The average Bonchev–Trinajstić information content (AvgIpc) is 2.70. The second-order valence-corrected chi connectivity index (χ2v) is 5.04. The van der Waals surface area contributed by atoms with Gasteiger partial charge in [0.1, 0.15) is 5.75 Å². The zero-order chi connectivity index (χ0) is 14.7. The van der Waals surface area contributed by atoms with E-state index in [9.17, 15) is 4.79 Å². The van der Waals surface area contributed by atoms with Gasteiger partial charge >= 0.3 is 0 Å². The van der Waals surface area contributed by atoms with E-state index in [0.29, 0.717) is 23.6 Å². The molecule has 0 unspecified atom stereocenters. The maximum atomic E-state index is 12.2. The third-order valence-corrected chi connectivity index (χ3v) is 3.53. The molecule has 3 rings (SSSR count). The molecular formula is C16H17N3O2. The molecule has 0 radical (unpaired) electrons. The van der Waals surface area contributed by atoms with Gasteiger partial charge in [-0.05, 0) is 37.1 Å². The molecule has 0 bridgehead atoms. The fourth-order valence-electron chi connectivity index (χ4n) is 2.39. The van der Waals surface area contributed by atoms with E-state index in [-0.39, 0.29) is 11.9 Å². The zero-order valence-electron chi connectivity index (χ0n) is 11.6. The number of amides is 1. The minimum atomic E-state index is -0.176. The Morgan fingerprint density at radius 1 is 1.29 bits per heavy atom. The van der Waals surface area contributed by atoms with Crippen molar-refractivity contribution < 1.29 is 9.53 Å². The highest BCUT2D eigenvalue weighted by atomic mass is 16.5. The topological polar surface area (TPSA) is 77.2 Å². The predicted octanol–water partition coefficient (Wildman–Crippen LogP) is 2.51. The van der Waals surface area contributed by atoms with Gasteiger partial charge in [-0.25, -0.2) is 0 Å². The third-order valence-electron chi connectivity index (χ3n) is 3.53. The van der Waals surface area contributed by atoms with Crippen LogP contribution in [0.15, 0.2) is 42.7 Å². The summed E-state index contributed by atoms with van der Waals surface area (Å²) in [5.74, 6) is 0.535.